The van der Waals surface area contributed by atoms with Gasteiger partial charge in [0.05, 0.1) is 6.61 Å². The van der Waals surface area contributed by atoms with Crippen LogP contribution in [0.25, 0.3) is 0 Å². The van der Waals surface area contributed by atoms with Gasteiger partial charge in [0.1, 0.15) is 10.0 Å². The summed E-state index contributed by atoms with van der Waals surface area (Å²) in [5.74, 6) is 1.44. The van der Waals surface area contributed by atoms with Gasteiger partial charge in [-0.2, -0.15) is 0 Å². The van der Waals surface area contributed by atoms with E-state index in [0.717, 1.165) is 30.2 Å². The van der Waals surface area contributed by atoms with Gasteiger partial charge in [-0.3, -0.25) is 4.68 Å². The smallest absolute Gasteiger partial charge is 0.258 e. The molecule has 0 aromatic carbocycles. The number of hydrogen-bond donors (Lipinski definition) is 0. The third kappa shape index (κ3) is 6.87. The number of nitrogens with zero attached hydrogens (tertiary/aromatic N) is 2. The van der Waals surface area contributed by atoms with Crippen molar-refractivity contribution in [1.82, 2.24) is 9.78 Å². The first-order valence-corrected chi connectivity index (χ1v) is 13.0. The summed E-state index contributed by atoms with van der Waals surface area (Å²) in [6.45, 7) is 7.33. The second kappa shape index (κ2) is 11.8. The Hall–Kier alpha value is 0.260. The lowest BCUT2D eigenvalue weighted by Gasteiger charge is -2.19. The predicted molar refractivity (Wildman–Crippen MR) is 109 cm³/mol. The van der Waals surface area contributed by atoms with Crippen LogP contribution in [0.4, 0.5) is 0 Å². The van der Waals surface area contributed by atoms with E-state index in [1.165, 1.54) is 19.3 Å². The van der Waals surface area contributed by atoms with E-state index in [1.54, 1.807) is 11.8 Å². The average Bonchev–Trinajstić information content (AvgIpc) is 2.85. The summed E-state index contributed by atoms with van der Waals surface area (Å²) in [4.78, 5) is 0. The Morgan fingerprint density at radius 2 is 1.92 bits per heavy atom. The van der Waals surface area contributed by atoms with Gasteiger partial charge >= 0.3 is 0 Å². The SMILES string of the molecule is CCCCCCn1nc(OP(=S)(CC)OCC)c(Cl)c1SCCC. The van der Waals surface area contributed by atoms with Crippen molar-refractivity contribution in [2.45, 2.75) is 71.4 Å². The van der Waals surface area contributed by atoms with Crippen LogP contribution in [-0.4, -0.2) is 28.3 Å². The molecule has 1 aromatic rings. The third-order valence-electron chi connectivity index (χ3n) is 3.43. The molecule has 0 aliphatic carbocycles. The number of hydrogen-bond acceptors (Lipinski definition) is 5. The molecule has 0 aliphatic heterocycles. The lowest BCUT2D eigenvalue weighted by atomic mass is 10.2. The number of aromatic nitrogens is 2. The summed E-state index contributed by atoms with van der Waals surface area (Å²) in [6, 6.07) is 0. The van der Waals surface area contributed by atoms with Crippen LogP contribution in [-0.2, 0) is 22.9 Å². The van der Waals surface area contributed by atoms with E-state index in [9.17, 15) is 0 Å². The zero-order chi connectivity index (χ0) is 18.0. The van der Waals surface area contributed by atoms with E-state index >= 15 is 0 Å². The predicted octanol–water partition coefficient (Wildman–Crippen LogP) is 6.36. The number of thioether (sulfide) groups is 1. The van der Waals surface area contributed by atoms with Crippen LogP contribution in [0.3, 0.4) is 0 Å². The quantitative estimate of drug-likeness (QED) is 0.214. The minimum atomic E-state index is -2.35. The maximum atomic E-state index is 6.56. The van der Waals surface area contributed by atoms with Gasteiger partial charge in [-0.05, 0) is 37.3 Å². The Labute approximate surface area is 161 Å². The molecule has 8 heteroatoms. The molecular formula is C16H30ClN2O2PS2. The van der Waals surface area contributed by atoms with E-state index in [4.69, 9.17) is 32.5 Å². The molecule has 0 aliphatic rings. The van der Waals surface area contributed by atoms with Gasteiger partial charge in [-0.25, -0.2) is 0 Å². The molecule has 0 bridgehead atoms. The molecule has 0 saturated heterocycles. The Morgan fingerprint density at radius 3 is 2.50 bits per heavy atom. The molecule has 1 unspecified atom stereocenters. The fourth-order valence-electron chi connectivity index (χ4n) is 2.15. The van der Waals surface area contributed by atoms with Gasteiger partial charge in [0.25, 0.3) is 5.88 Å². The van der Waals surface area contributed by atoms with Gasteiger partial charge in [0.2, 0.25) is 6.49 Å². The Kier molecular flexibility index (Phi) is 11.0. The summed E-state index contributed by atoms with van der Waals surface area (Å²) < 4.78 is 13.6. The molecule has 1 aromatic heterocycles. The molecule has 24 heavy (non-hydrogen) atoms. The van der Waals surface area contributed by atoms with Crippen molar-refractivity contribution < 1.29 is 9.05 Å². The standard InChI is InChI=1S/C16H30ClN2O2PS2/c1-5-9-10-11-12-19-16(24-13-6-2)14(17)15(18-19)21-22(23,8-4)20-7-3/h5-13H2,1-4H3. The van der Waals surface area contributed by atoms with Gasteiger partial charge in [0, 0.05) is 12.7 Å². The second-order valence-corrected chi connectivity index (χ2v) is 10.9. The summed E-state index contributed by atoms with van der Waals surface area (Å²) >= 11 is 13.8. The Morgan fingerprint density at radius 1 is 1.17 bits per heavy atom. The van der Waals surface area contributed by atoms with Crippen molar-refractivity contribution in [3.63, 3.8) is 0 Å². The largest absolute Gasteiger partial charge is 0.422 e. The molecule has 140 valence electrons. The molecule has 4 nitrogen and oxygen atoms in total. The summed E-state index contributed by atoms with van der Waals surface area (Å²) in [5, 5.41) is 6.16. The van der Waals surface area contributed by atoms with Crippen LogP contribution in [0.1, 0.15) is 59.8 Å². The number of halogens is 1. The van der Waals surface area contributed by atoms with Crippen molar-refractivity contribution >= 4 is 41.7 Å². The molecule has 0 spiro atoms. The van der Waals surface area contributed by atoms with Crippen molar-refractivity contribution in [2.75, 3.05) is 18.5 Å². The van der Waals surface area contributed by atoms with E-state index in [2.05, 4.69) is 18.9 Å². The van der Waals surface area contributed by atoms with Crippen LogP contribution in [0.15, 0.2) is 5.03 Å². The summed E-state index contributed by atoms with van der Waals surface area (Å²) in [5.41, 5.74) is 0. The highest BCUT2D eigenvalue weighted by Gasteiger charge is 2.24. The Balaban J connectivity index is 2.95. The average molecular weight is 413 g/mol. The molecule has 1 heterocycles. The Bertz CT molecular complexity index is 540. The third-order valence-corrected chi connectivity index (χ3v) is 8.37. The van der Waals surface area contributed by atoms with Gasteiger partial charge < -0.3 is 9.05 Å². The van der Waals surface area contributed by atoms with Gasteiger partial charge in [-0.1, -0.05) is 51.6 Å². The van der Waals surface area contributed by atoms with E-state index < -0.39 is 6.49 Å². The van der Waals surface area contributed by atoms with E-state index in [0.29, 0.717) is 23.7 Å². The molecule has 0 fully saturated rings. The normalized spacial score (nSPS) is 13.9. The molecular weight excluding hydrogens is 383 g/mol. The van der Waals surface area contributed by atoms with Crippen LogP contribution in [0, 0.1) is 0 Å². The zero-order valence-electron chi connectivity index (χ0n) is 15.2. The minimum Gasteiger partial charge on any atom is -0.422 e. The maximum Gasteiger partial charge on any atom is 0.258 e. The first-order valence-electron chi connectivity index (χ1n) is 8.83. The fraction of sp³-hybridized carbons (Fsp3) is 0.812. The molecule has 0 amide bonds. The molecule has 1 rings (SSSR count). The highest BCUT2D eigenvalue weighted by atomic mass is 35.5. The van der Waals surface area contributed by atoms with Crippen molar-refractivity contribution in [2.24, 2.45) is 0 Å². The lowest BCUT2D eigenvalue weighted by Crippen LogP contribution is -2.04. The van der Waals surface area contributed by atoms with Crippen molar-refractivity contribution in [3.8, 4) is 5.88 Å². The lowest BCUT2D eigenvalue weighted by molar-refractivity contribution is 0.328. The zero-order valence-corrected chi connectivity index (χ0v) is 18.5. The van der Waals surface area contributed by atoms with Crippen LogP contribution < -0.4 is 4.52 Å². The van der Waals surface area contributed by atoms with Gasteiger partial charge in [0.15, 0.2) is 0 Å². The monoisotopic (exact) mass is 412 g/mol. The first-order chi connectivity index (χ1) is 11.5. The first kappa shape index (κ1) is 22.3. The fourth-order valence-corrected chi connectivity index (χ4v) is 5.11. The second-order valence-electron chi connectivity index (χ2n) is 5.49. The topological polar surface area (TPSA) is 36.3 Å². The van der Waals surface area contributed by atoms with Crippen LogP contribution >= 0.6 is 29.9 Å². The summed E-state index contributed by atoms with van der Waals surface area (Å²) in [6.07, 6.45) is 6.51. The highest BCUT2D eigenvalue weighted by Crippen LogP contribution is 2.50. The molecule has 0 N–H and O–H groups in total. The highest BCUT2D eigenvalue weighted by molar-refractivity contribution is 8.10. The minimum absolute atomic E-state index is 0.435. The van der Waals surface area contributed by atoms with Gasteiger partial charge in [-0.15, -0.1) is 16.9 Å². The molecule has 1 atom stereocenters. The van der Waals surface area contributed by atoms with E-state index in [-0.39, 0.29) is 0 Å². The van der Waals surface area contributed by atoms with Crippen LogP contribution in [0.5, 0.6) is 5.88 Å². The maximum absolute atomic E-state index is 6.56. The number of unbranched alkanes of at least 4 members (excludes halogenated alkanes) is 3. The van der Waals surface area contributed by atoms with E-state index in [1.807, 2.05) is 18.5 Å². The number of aryl methyl sites for hydroxylation is 1. The molecule has 0 saturated carbocycles. The summed E-state index contributed by atoms with van der Waals surface area (Å²) in [7, 11) is 0. The molecule has 0 radical (unpaired) electrons. The number of rotatable bonds is 13. The van der Waals surface area contributed by atoms with Crippen molar-refractivity contribution in [1.29, 1.82) is 0 Å². The van der Waals surface area contributed by atoms with Crippen molar-refractivity contribution in [3.05, 3.63) is 5.02 Å². The van der Waals surface area contributed by atoms with Crippen LogP contribution in [0.2, 0.25) is 5.02 Å².